The first kappa shape index (κ1) is 28.1. The highest BCUT2D eigenvalue weighted by molar-refractivity contribution is 8.00. The second-order valence-electron chi connectivity index (χ2n) is 8.48. The Kier molecular flexibility index (Phi) is 9.68. The Hall–Kier alpha value is -4.89. The third-order valence-electron chi connectivity index (χ3n) is 5.53. The summed E-state index contributed by atoms with van der Waals surface area (Å²) in [4.78, 5) is 39.2. The van der Waals surface area contributed by atoms with Crippen LogP contribution in [-0.2, 0) is 9.59 Å². The van der Waals surface area contributed by atoms with E-state index in [1.807, 2.05) is 6.07 Å². The molecule has 7 nitrogen and oxygen atoms in total. The number of halogens is 1. The van der Waals surface area contributed by atoms with Crippen molar-refractivity contribution in [3.8, 4) is 5.75 Å². The highest BCUT2D eigenvalue weighted by Gasteiger charge is 2.15. The van der Waals surface area contributed by atoms with Gasteiger partial charge in [0.2, 0.25) is 5.91 Å². The van der Waals surface area contributed by atoms with Gasteiger partial charge in [-0.3, -0.25) is 14.4 Å². The molecule has 0 aliphatic heterocycles. The van der Waals surface area contributed by atoms with E-state index in [0.717, 1.165) is 4.90 Å². The minimum Gasteiger partial charge on any atom is -0.497 e. The minimum atomic E-state index is -0.563. The third kappa shape index (κ3) is 8.31. The first-order valence-electron chi connectivity index (χ1n) is 12.2. The molecule has 0 saturated heterocycles. The Balaban J connectivity index is 1.43. The number of carbonyl (C=O) groups excluding carboxylic acids is 3. The van der Waals surface area contributed by atoms with Gasteiger partial charge in [-0.2, -0.15) is 0 Å². The van der Waals surface area contributed by atoms with Gasteiger partial charge in [-0.25, -0.2) is 4.39 Å². The molecule has 0 aromatic heterocycles. The number of benzene rings is 4. The monoisotopic (exact) mass is 555 g/mol. The van der Waals surface area contributed by atoms with Crippen LogP contribution in [0.25, 0.3) is 6.08 Å². The molecule has 0 unspecified atom stereocenters. The molecule has 0 fully saturated rings. The maximum Gasteiger partial charge on any atom is 0.272 e. The van der Waals surface area contributed by atoms with E-state index >= 15 is 0 Å². The van der Waals surface area contributed by atoms with Crippen molar-refractivity contribution in [3.05, 3.63) is 126 Å². The molecule has 3 amide bonds. The summed E-state index contributed by atoms with van der Waals surface area (Å²) < 4.78 is 18.6. The smallest absolute Gasteiger partial charge is 0.272 e. The fourth-order valence-electron chi connectivity index (χ4n) is 3.58. The van der Waals surface area contributed by atoms with Crippen LogP contribution in [0.4, 0.5) is 15.8 Å². The zero-order valence-corrected chi connectivity index (χ0v) is 22.3. The second-order valence-corrected chi connectivity index (χ2v) is 9.53. The molecule has 0 aliphatic rings. The van der Waals surface area contributed by atoms with Gasteiger partial charge in [0, 0.05) is 27.9 Å². The van der Waals surface area contributed by atoms with Gasteiger partial charge in [0.25, 0.3) is 11.8 Å². The average Bonchev–Trinajstić information content (AvgIpc) is 2.97. The van der Waals surface area contributed by atoms with E-state index in [-0.39, 0.29) is 17.4 Å². The van der Waals surface area contributed by atoms with Crippen molar-refractivity contribution >= 4 is 46.9 Å². The Bertz CT molecular complexity index is 1530. The summed E-state index contributed by atoms with van der Waals surface area (Å²) in [5, 5.41) is 8.27. The quantitative estimate of drug-likeness (QED) is 0.165. The van der Waals surface area contributed by atoms with Gasteiger partial charge in [0.05, 0.1) is 12.9 Å². The van der Waals surface area contributed by atoms with Crippen LogP contribution >= 0.6 is 11.8 Å². The number of thioether (sulfide) groups is 1. The van der Waals surface area contributed by atoms with Gasteiger partial charge >= 0.3 is 0 Å². The summed E-state index contributed by atoms with van der Waals surface area (Å²) in [6, 6.07) is 28.1. The van der Waals surface area contributed by atoms with Gasteiger partial charge in [-0.05, 0) is 66.2 Å². The molecule has 4 rings (SSSR count). The molecular weight excluding hydrogens is 529 g/mol. The van der Waals surface area contributed by atoms with Gasteiger partial charge in [-0.15, -0.1) is 11.8 Å². The van der Waals surface area contributed by atoms with Crippen LogP contribution in [0.1, 0.15) is 15.9 Å². The molecule has 9 heteroatoms. The Morgan fingerprint density at radius 2 is 1.52 bits per heavy atom. The Morgan fingerprint density at radius 1 is 0.825 bits per heavy atom. The van der Waals surface area contributed by atoms with Crippen molar-refractivity contribution in [1.82, 2.24) is 5.32 Å². The molecule has 0 bridgehead atoms. The van der Waals surface area contributed by atoms with Crippen LogP contribution in [0.3, 0.4) is 0 Å². The van der Waals surface area contributed by atoms with Crippen molar-refractivity contribution in [2.75, 3.05) is 23.5 Å². The number of hydrogen-bond donors (Lipinski definition) is 3. The summed E-state index contributed by atoms with van der Waals surface area (Å²) in [5.41, 5.74) is 2.00. The van der Waals surface area contributed by atoms with Crippen molar-refractivity contribution in [1.29, 1.82) is 0 Å². The van der Waals surface area contributed by atoms with Gasteiger partial charge in [0.15, 0.2) is 0 Å². The lowest BCUT2D eigenvalue weighted by Crippen LogP contribution is -2.30. The second kappa shape index (κ2) is 13.8. The first-order valence-corrected chi connectivity index (χ1v) is 13.2. The summed E-state index contributed by atoms with van der Waals surface area (Å²) in [6.07, 6.45) is 1.47. The van der Waals surface area contributed by atoms with Crippen molar-refractivity contribution in [2.45, 2.75) is 4.90 Å². The van der Waals surface area contributed by atoms with Crippen LogP contribution in [0.15, 0.2) is 114 Å². The highest BCUT2D eigenvalue weighted by atomic mass is 32.2. The van der Waals surface area contributed by atoms with Crippen LogP contribution in [0.2, 0.25) is 0 Å². The lowest BCUT2D eigenvalue weighted by molar-refractivity contribution is -0.114. The van der Waals surface area contributed by atoms with E-state index in [1.54, 1.807) is 79.9 Å². The SMILES string of the molecule is COc1cccc(NC(=O)CSc2cccc(NC(=O)/C(=C/c3ccc(F)cc3)NC(=O)c3ccccc3)c2)c1. The molecule has 0 atom stereocenters. The number of nitrogens with one attached hydrogen (secondary N) is 3. The molecular formula is C31H26FN3O4S. The third-order valence-corrected chi connectivity index (χ3v) is 6.52. The summed E-state index contributed by atoms with van der Waals surface area (Å²) >= 11 is 1.30. The predicted octanol–water partition coefficient (Wildman–Crippen LogP) is 5.97. The van der Waals surface area contributed by atoms with Gasteiger partial charge in [-0.1, -0.05) is 42.5 Å². The molecule has 4 aromatic carbocycles. The van der Waals surface area contributed by atoms with E-state index in [9.17, 15) is 18.8 Å². The van der Waals surface area contributed by atoms with Crippen LogP contribution < -0.4 is 20.7 Å². The Labute approximate surface area is 235 Å². The first-order chi connectivity index (χ1) is 19.4. The van der Waals surface area contributed by atoms with Crippen molar-refractivity contribution in [2.24, 2.45) is 0 Å². The summed E-state index contributed by atoms with van der Waals surface area (Å²) in [7, 11) is 1.56. The highest BCUT2D eigenvalue weighted by Crippen LogP contribution is 2.23. The fourth-order valence-corrected chi connectivity index (χ4v) is 4.33. The van der Waals surface area contributed by atoms with E-state index < -0.39 is 17.6 Å². The maximum atomic E-state index is 13.4. The van der Waals surface area contributed by atoms with Crippen molar-refractivity contribution in [3.63, 3.8) is 0 Å². The van der Waals surface area contributed by atoms with Gasteiger partial charge < -0.3 is 20.7 Å². The molecule has 0 heterocycles. The summed E-state index contributed by atoms with van der Waals surface area (Å²) in [5.74, 6) is -0.843. The fraction of sp³-hybridized carbons (Fsp3) is 0.0645. The molecule has 4 aromatic rings. The molecule has 0 radical (unpaired) electrons. The predicted molar refractivity (Wildman–Crippen MR) is 156 cm³/mol. The van der Waals surface area contributed by atoms with Gasteiger partial charge in [0.1, 0.15) is 17.3 Å². The molecule has 202 valence electrons. The number of methoxy groups -OCH3 is 1. The number of hydrogen-bond acceptors (Lipinski definition) is 5. The topological polar surface area (TPSA) is 96.5 Å². The number of ether oxygens (including phenoxy) is 1. The molecule has 3 N–H and O–H groups in total. The maximum absolute atomic E-state index is 13.4. The number of carbonyl (C=O) groups is 3. The van der Waals surface area contributed by atoms with E-state index in [4.69, 9.17) is 4.74 Å². The van der Waals surface area contributed by atoms with E-state index in [0.29, 0.717) is 28.3 Å². The largest absolute Gasteiger partial charge is 0.497 e. The van der Waals surface area contributed by atoms with Crippen LogP contribution in [0, 0.1) is 5.82 Å². The standard InChI is InChI=1S/C31H26FN3O4S/c1-39-26-11-5-9-24(18-26)33-29(36)20-40-27-12-6-10-25(19-27)34-31(38)28(17-21-13-15-23(32)16-14-21)35-30(37)22-7-3-2-4-8-22/h2-19H,20H2,1H3,(H,33,36)(H,34,38)(H,35,37)/b28-17-. The molecule has 0 aliphatic carbocycles. The van der Waals surface area contributed by atoms with Crippen LogP contribution in [-0.4, -0.2) is 30.6 Å². The van der Waals surface area contributed by atoms with E-state index in [1.165, 1.54) is 42.1 Å². The number of rotatable bonds is 10. The zero-order valence-electron chi connectivity index (χ0n) is 21.5. The normalized spacial score (nSPS) is 10.9. The zero-order chi connectivity index (χ0) is 28.3. The van der Waals surface area contributed by atoms with Crippen molar-refractivity contribution < 1.29 is 23.5 Å². The van der Waals surface area contributed by atoms with Crippen LogP contribution in [0.5, 0.6) is 5.75 Å². The number of anilines is 2. The molecule has 40 heavy (non-hydrogen) atoms. The lowest BCUT2D eigenvalue weighted by Gasteiger charge is -2.12. The number of amides is 3. The molecule has 0 saturated carbocycles. The molecule has 0 spiro atoms. The Morgan fingerprint density at radius 3 is 2.25 bits per heavy atom. The summed E-state index contributed by atoms with van der Waals surface area (Å²) in [6.45, 7) is 0. The lowest BCUT2D eigenvalue weighted by atomic mass is 10.1. The van der Waals surface area contributed by atoms with E-state index in [2.05, 4.69) is 16.0 Å². The average molecular weight is 556 g/mol. The minimum absolute atomic E-state index is 0.0174.